The second kappa shape index (κ2) is 10.1. The van der Waals surface area contributed by atoms with Crippen LogP contribution in [-0.4, -0.2) is 54.8 Å². The zero-order valence-corrected chi connectivity index (χ0v) is 15.2. The largest absolute Gasteiger partial charge is 0.399 e. The fraction of sp³-hybridized carbons (Fsp3) is 0.500. The minimum Gasteiger partial charge on any atom is -0.399 e. The molecule has 0 saturated heterocycles. The highest BCUT2D eigenvalue weighted by molar-refractivity contribution is 9.09. The molecule has 0 radical (unpaired) electrons. The van der Waals surface area contributed by atoms with E-state index < -0.39 is 10.8 Å². The number of aliphatic hydroxyl groups excluding tert-OH is 1. The Bertz CT molecular complexity index is 588. The summed E-state index contributed by atoms with van der Waals surface area (Å²) in [5.41, 5.74) is 6.11. The van der Waals surface area contributed by atoms with Gasteiger partial charge in [-0.1, -0.05) is 29.1 Å². The number of benzene rings is 1. The van der Waals surface area contributed by atoms with Gasteiger partial charge in [-0.3, -0.25) is 14.9 Å². The van der Waals surface area contributed by atoms with Crippen molar-refractivity contribution in [2.75, 3.05) is 42.2 Å². The molecule has 0 bridgehead atoms. The van der Waals surface area contributed by atoms with Crippen LogP contribution in [0.4, 0.5) is 17.1 Å². The Morgan fingerprint density at radius 1 is 1.50 bits per heavy atom. The number of hydrogen-bond donors (Lipinski definition) is 3. The number of anilines is 2. The van der Waals surface area contributed by atoms with Crippen molar-refractivity contribution >= 4 is 46.2 Å². The Kier molecular flexibility index (Phi) is 8.55. The maximum atomic E-state index is 12.4. The van der Waals surface area contributed by atoms with Crippen LogP contribution in [0.25, 0.3) is 0 Å². The molecule has 24 heavy (non-hydrogen) atoms. The van der Waals surface area contributed by atoms with E-state index in [0.717, 1.165) is 13.6 Å². The van der Waals surface area contributed by atoms with Gasteiger partial charge in [0.1, 0.15) is 13.0 Å². The van der Waals surface area contributed by atoms with E-state index >= 15 is 0 Å². The summed E-state index contributed by atoms with van der Waals surface area (Å²) in [4.78, 5) is 25.2. The molecule has 1 amide bonds. The number of nitrogens with zero attached hydrogens (tertiary/aromatic N) is 2. The van der Waals surface area contributed by atoms with Gasteiger partial charge in [0.2, 0.25) is 0 Å². The van der Waals surface area contributed by atoms with Crippen molar-refractivity contribution in [2.45, 2.75) is 13.1 Å². The zero-order chi connectivity index (χ0) is 18.1. The number of nitrogen functional groups attached to an aromatic ring is 1. The van der Waals surface area contributed by atoms with Gasteiger partial charge in [-0.05, 0) is 6.07 Å². The summed E-state index contributed by atoms with van der Waals surface area (Å²) in [6, 6.07) is 2.70. The molecule has 10 heteroatoms. The highest BCUT2D eigenvalue weighted by Crippen LogP contribution is 2.35. The fourth-order valence-electron chi connectivity index (χ4n) is 2.34. The summed E-state index contributed by atoms with van der Waals surface area (Å²) >= 11 is 3.35. The first kappa shape index (κ1) is 20.2. The maximum absolute atomic E-state index is 12.4. The number of amides is 1. The van der Waals surface area contributed by atoms with Crippen LogP contribution in [0.5, 0.6) is 0 Å². The summed E-state index contributed by atoms with van der Waals surface area (Å²) in [6.07, 6.45) is 0.840. The molecule has 1 aromatic carbocycles. The maximum Gasteiger partial charge on any atom is 0.295 e. The Labute approximate surface area is 149 Å². The van der Waals surface area contributed by atoms with Crippen LogP contribution < -0.4 is 16.0 Å². The van der Waals surface area contributed by atoms with Crippen LogP contribution in [0.3, 0.4) is 0 Å². The Balaban J connectivity index is 3.43. The first-order valence-corrected chi connectivity index (χ1v) is 8.86. The number of carbonyl (C=O) groups is 1. The molecular weight excluding hydrogens is 379 g/mol. The number of nitro benzene ring substituents is 1. The van der Waals surface area contributed by atoms with Gasteiger partial charge in [0.05, 0.1) is 17.1 Å². The third-order valence-electron chi connectivity index (χ3n) is 3.40. The van der Waals surface area contributed by atoms with Crippen molar-refractivity contribution in [3.63, 3.8) is 0 Å². The number of nitrogens with one attached hydrogen (secondary N) is 1. The number of carbonyl (C=O) groups excluding carboxylic acids is 1. The smallest absolute Gasteiger partial charge is 0.295 e. The van der Waals surface area contributed by atoms with Crippen molar-refractivity contribution in [2.24, 2.45) is 0 Å². The van der Waals surface area contributed by atoms with Gasteiger partial charge < -0.3 is 21.1 Å². The molecular formula is C14H22BBrN4O4. The third-order valence-corrected chi connectivity index (χ3v) is 3.76. The van der Waals surface area contributed by atoms with Crippen molar-refractivity contribution in [1.82, 2.24) is 5.32 Å². The van der Waals surface area contributed by atoms with E-state index in [-0.39, 0.29) is 35.8 Å². The average molecular weight is 401 g/mol. The summed E-state index contributed by atoms with van der Waals surface area (Å²) in [5.74, 6) is -0.495. The lowest BCUT2D eigenvalue weighted by Crippen LogP contribution is -2.33. The molecule has 132 valence electrons. The molecule has 0 fully saturated rings. The topological polar surface area (TPSA) is 122 Å². The van der Waals surface area contributed by atoms with Crippen LogP contribution in [0, 0.1) is 10.1 Å². The second-order valence-electron chi connectivity index (χ2n) is 5.20. The van der Waals surface area contributed by atoms with Crippen molar-refractivity contribution in [3.05, 3.63) is 27.8 Å². The van der Waals surface area contributed by atoms with Gasteiger partial charge >= 0.3 is 0 Å². The Morgan fingerprint density at radius 2 is 2.21 bits per heavy atom. The highest BCUT2D eigenvalue weighted by atomic mass is 79.9. The molecule has 8 nitrogen and oxygen atoms in total. The predicted molar refractivity (Wildman–Crippen MR) is 101 cm³/mol. The zero-order valence-electron chi connectivity index (χ0n) is 13.6. The molecule has 0 unspecified atom stereocenters. The molecule has 0 atom stereocenters. The molecule has 0 aliphatic carbocycles. The number of alkyl halides is 1. The molecule has 4 N–H and O–H groups in total. The van der Waals surface area contributed by atoms with E-state index in [4.69, 9.17) is 10.8 Å². The third kappa shape index (κ3) is 5.38. The molecule has 0 aromatic heterocycles. The highest BCUT2D eigenvalue weighted by Gasteiger charge is 2.27. The number of hydrogen-bond acceptors (Lipinski definition) is 6. The van der Waals surface area contributed by atoms with Gasteiger partial charge in [-0.2, -0.15) is 0 Å². The monoisotopic (exact) mass is 400 g/mol. The van der Waals surface area contributed by atoms with Gasteiger partial charge in [-0.25, -0.2) is 0 Å². The SMILES string of the molecule is CBCCN(CCBr)c1c(C(=O)NCCO)cc(N)cc1[N+](=O)[O-]. The predicted octanol–water partition coefficient (Wildman–Crippen LogP) is 1.00. The van der Waals surface area contributed by atoms with Crippen LogP contribution in [0.1, 0.15) is 10.4 Å². The van der Waals surface area contributed by atoms with Crippen LogP contribution >= 0.6 is 15.9 Å². The summed E-state index contributed by atoms with van der Waals surface area (Å²) in [5, 5.41) is 23.5. The molecule has 0 aliphatic heterocycles. The Morgan fingerprint density at radius 3 is 2.75 bits per heavy atom. The van der Waals surface area contributed by atoms with E-state index in [1.165, 1.54) is 12.1 Å². The number of halogens is 1. The van der Waals surface area contributed by atoms with E-state index in [2.05, 4.69) is 21.2 Å². The van der Waals surface area contributed by atoms with Gasteiger partial charge in [0, 0.05) is 36.7 Å². The van der Waals surface area contributed by atoms with Crippen molar-refractivity contribution in [1.29, 1.82) is 0 Å². The van der Waals surface area contributed by atoms with Crippen molar-refractivity contribution < 1.29 is 14.8 Å². The molecule has 0 saturated carbocycles. The average Bonchev–Trinajstić information content (AvgIpc) is 2.55. The van der Waals surface area contributed by atoms with E-state index in [1.54, 1.807) is 0 Å². The number of nitro groups is 1. The normalized spacial score (nSPS) is 10.3. The lowest BCUT2D eigenvalue weighted by atomic mass is 9.78. The standard InChI is InChI=1S/C14H22BBrN4O4/c1-15-2-5-19(6-3-16)13-11(14(22)18-4-7-21)8-10(17)9-12(13)20(23)24/h8-9,15,21H,2-7,17H2,1H3,(H,18,22). The molecule has 0 aliphatic rings. The minimum atomic E-state index is -0.526. The summed E-state index contributed by atoms with van der Waals surface area (Å²) < 4.78 is 0. The Hall–Kier alpha value is -1.81. The van der Waals surface area contributed by atoms with E-state index in [0.29, 0.717) is 18.4 Å². The summed E-state index contributed by atoms with van der Waals surface area (Å²) in [6.45, 7) is 2.98. The lowest BCUT2D eigenvalue weighted by molar-refractivity contribution is -0.384. The van der Waals surface area contributed by atoms with Crippen LogP contribution in [0.2, 0.25) is 13.1 Å². The number of rotatable bonds is 10. The quantitative estimate of drug-likeness (QED) is 0.177. The first-order chi connectivity index (χ1) is 11.5. The first-order valence-electron chi connectivity index (χ1n) is 7.74. The fourth-order valence-corrected chi connectivity index (χ4v) is 2.76. The lowest BCUT2D eigenvalue weighted by Gasteiger charge is -2.26. The van der Waals surface area contributed by atoms with Crippen LogP contribution in [-0.2, 0) is 0 Å². The molecule has 0 heterocycles. The minimum absolute atomic E-state index is 0.0638. The van der Waals surface area contributed by atoms with Crippen LogP contribution in [0.15, 0.2) is 12.1 Å². The van der Waals surface area contributed by atoms with Gasteiger partial charge in [0.25, 0.3) is 11.6 Å². The second-order valence-corrected chi connectivity index (χ2v) is 6.00. The molecule has 1 aromatic rings. The summed E-state index contributed by atoms with van der Waals surface area (Å²) in [7, 11) is 0.924. The molecule has 0 spiro atoms. The number of nitrogens with two attached hydrogens (primary N) is 1. The van der Waals surface area contributed by atoms with Gasteiger partial charge in [0.15, 0.2) is 0 Å². The van der Waals surface area contributed by atoms with Gasteiger partial charge in [-0.15, -0.1) is 0 Å². The molecule has 1 rings (SSSR count). The van der Waals surface area contributed by atoms with E-state index in [1.807, 2.05) is 11.7 Å². The van der Waals surface area contributed by atoms with E-state index in [9.17, 15) is 14.9 Å². The number of aliphatic hydroxyl groups is 1. The van der Waals surface area contributed by atoms with Crippen molar-refractivity contribution in [3.8, 4) is 0 Å².